The van der Waals surface area contributed by atoms with Crippen LogP contribution in [0.5, 0.6) is 0 Å². The standard InChI is InChI=1S/C4H8N2/c5-3-1-2-4-6/h1-4H,5-6H2/b3-1+,4-2+. The molecule has 6 heavy (non-hydrogen) atoms. The van der Waals surface area contributed by atoms with Crippen molar-refractivity contribution in [1.29, 1.82) is 0 Å². The molecular formula is C4H8N2. The summed E-state index contributed by atoms with van der Waals surface area (Å²) in [6, 6.07) is 0. The molecule has 0 aliphatic rings. The smallest absolute Gasteiger partial charge is 0.00618 e. The normalized spacial score (nSPS) is 11.3. The molecule has 0 unspecified atom stereocenters. The largest absolute Gasteiger partial charge is 0.405 e. The van der Waals surface area contributed by atoms with Gasteiger partial charge in [-0.1, -0.05) is 0 Å². The first-order valence-electron chi connectivity index (χ1n) is 1.67. The van der Waals surface area contributed by atoms with E-state index in [4.69, 9.17) is 11.5 Å². The van der Waals surface area contributed by atoms with Crippen molar-refractivity contribution in [2.24, 2.45) is 11.5 Å². The van der Waals surface area contributed by atoms with Gasteiger partial charge in [0.1, 0.15) is 0 Å². The Morgan fingerprint density at radius 3 is 1.33 bits per heavy atom. The van der Waals surface area contributed by atoms with E-state index in [2.05, 4.69) is 0 Å². The molecule has 0 bridgehead atoms. The van der Waals surface area contributed by atoms with Gasteiger partial charge in [0.05, 0.1) is 0 Å². The van der Waals surface area contributed by atoms with Crippen molar-refractivity contribution in [2.75, 3.05) is 0 Å². The minimum absolute atomic E-state index is 1.42. The quantitative estimate of drug-likeness (QED) is 0.437. The highest BCUT2D eigenvalue weighted by Crippen LogP contribution is 1.62. The Morgan fingerprint density at radius 1 is 0.833 bits per heavy atom. The number of hydrogen-bond acceptors (Lipinski definition) is 2. The van der Waals surface area contributed by atoms with Crippen molar-refractivity contribution in [1.82, 2.24) is 0 Å². The number of hydrogen-bond donors (Lipinski definition) is 2. The Morgan fingerprint density at radius 2 is 1.17 bits per heavy atom. The molecule has 0 saturated heterocycles. The summed E-state index contributed by atoms with van der Waals surface area (Å²) in [4.78, 5) is 0. The van der Waals surface area contributed by atoms with Gasteiger partial charge in [0.15, 0.2) is 0 Å². The Balaban J connectivity index is 3.07. The van der Waals surface area contributed by atoms with Crippen molar-refractivity contribution in [2.45, 2.75) is 0 Å². The lowest BCUT2D eigenvalue weighted by molar-refractivity contribution is 1.56. The fraction of sp³-hybridized carbons (Fsp3) is 0. The average Bonchev–Trinajstić information content (AvgIpc) is 1.61. The molecular weight excluding hydrogens is 76.1 g/mol. The summed E-state index contributed by atoms with van der Waals surface area (Å²) in [5.74, 6) is 0. The zero-order valence-corrected chi connectivity index (χ0v) is 3.46. The minimum atomic E-state index is 1.42. The van der Waals surface area contributed by atoms with Crippen molar-refractivity contribution in [3.8, 4) is 0 Å². The first-order chi connectivity index (χ1) is 2.91. The van der Waals surface area contributed by atoms with E-state index in [1.165, 1.54) is 12.4 Å². The topological polar surface area (TPSA) is 52.0 Å². The van der Waals surface area contributed by atoms with Crippen molar-refractivity contribution >= 4 is 0 Å². The van der Waals surface area contributed by atoms with Crippen LogP contribution in [0.4, 0.5) is 0 Å². The van der Waals surface area contributed by atoms with Crippen LogP contribution in [0.1, 0.15) is 0 Å². The highest BCUT2D eigenvalue weighted by atomic mass is 14.5. The van der Waals surface area contributed by atoms with Gasteiger partial charge in [0.2, 0.25) is 0 Å². The van der Waals surface area contributed by atoms with Gasteiger partial charge in [-0.15, -0.1) is 0 Å². The van der Waals surface area contributed by atoms with E-state index >= 15 is 0 Å². The van der Waals surface area contributed by atoms with E-state index in [1.807, 2.05) is 0 Å². The number of allylic oxidation sites excluding steroid dienone is 2. The maximum absolute atomic E-state index is 4.93. The van der Waals surface area contributed by atoms with Crippen molar-refractivity contribution < 1.29 is 0 Å². The molecule has 0 aromatic carbocycles. The first kappa shape index (κ1) is 5.08. The van der Waals surface area contributed by atoms with Crippen LogP contribution < -0.4 is 11.5 Å². The minimum Gasteiger partial charge on any atom is -0.405 e. The summed E-state index contributed by atoms with van der Waals surface area (Å²) in [6.07, 6.45) is 6.15. The third kappa shape index (κ3) is 3.08. The van der Waals surface area contributed by atoms with E-state index in [9.17, 15) is 0 Å². The molecule has 0 heterocycles. The monoisotopic (exact) mass is 84.1 g/mol. The van der Waals surface area contributed by atoms with E-state index in [0.29, 0.717) is 0 Å². The molecule has 0 amide bonds. The molecule has 0 fully saturated rings. The molecule has 4 N–H and O–H groups in total. The van der Waals surface area contributed by atoms with E-state index in [0.717, 1.165) is 0 Å². The predicted octanol–water partition coefficient (Wildman–Crippen LogP) is -0.0688. The van der Waals surface area contributed by atoms with Gasteiger partial charge in [0.25, 0.3) is 0 Å². The van der Waals surface area contributed by atoms with Crippen LogP contribution in [0, 0.1) is 0 Å². The Labute approximate surface area is 37.1 Å². The zero-order valence-electron chi connectivity index (χ0n) is 3.46. The van der Waals surface area contributed by atoms with Gasteiger partial charge in [-0.05, 0) is 24.6 Å². The second-order valence-corrected chi connectivity index (χ2v) is 0.770. The predicted molar refractivity (Wildman–Crippen MR) is 26.7 cm³/mol. The molecule has 0 rings (SSSR count). The van der Waals surface area contributed by atoms with Crippen molar-refractivity contribution in [3.05, 3.63) is 24.6 Å². The fourth-order valence-electron chi connectivity index (χ4n) is 0.128. The summed E-state index contributed by atoms with van der Waals surface area (Å²) in [5.41, 5.74) is 9.85. The van der Waals surface area contributed by atoms with Crippen LogP contribution in [0.3, 0.4) is 0 Å². The van der Waals surface area contributed by atoms with Gasteiger partial charge in [-0.3, -0.25) is 0 Å². The lowest BCUT2D eigenvalue weighted by atomic mass is 10.6. The molecule has 0 atom stereocenters. The second-order valence-electron chi connectivity index (χ2n) is 0.770. The third-order valence-corrected chi connectivity index (χ3v) is 0.333. The van der Waals surface area contributed by atoms with E-state index in [1.54, 1.807) is 12.2 Å². The Hall–Kier alpha value is -0.920. The molecule has 0 aliphatic carbocycles. The summed E-state index contributed by atoms with van der Waals surface area (Å²) >= 11 is 0. The average molecular weight is 84.1 g/mol. The molecule has 2 nitrogen and oxygen atoms in total. The van der Waals surface area contributed by atoms with Crippen LogP contribution in [-0.4, -0.2) is 0 Å². The summed E-state index contributed by atoms with van der Waals surface area (Å²) in [7, 11) is 0. The molecule has 2 heteroatoms. The van der Waals surface area contributed by atoms with Gasteiger partial charge < -0.3 is 11.5 Å². The fourth-order valence-corrected chi connectivity index (χ4v) is 0.128. The molecule has 0 aromatic heterocycles. The Bertz CT molecular complexity index is 53.9. The zero-order chi connectivity index (χ0) is 4.83. The first-order valence-corrected chi connectivity index (χ1v) is 1.67. The molecule has 34 valence electrons. The Kier molecular flexibility index (Phi) is 3.45. The van der Waals surface area contributed by atoms with Crippen LogP contribution >= 0.6 is 0 Å². The molecule has 0 saturated carbocycles. The maximum Gasteiger partial charge on any atom is -0.00618 e. The maximum atomic E-state index is 4.93. The SMILES string of the molecule is N/C=C/C=C/N. The number of rotatable bonds is 1. The summed E-state index contributed by atoms with van der Waals surface area (Å²) in [5, 5.41) is 0. The van der Waals surface area contributed by atoms with E-state index in [-0.39, 0.29) is 0 Å². The molecule has 0 radical (unpaired) electrons. The van der Waals surface area contributed by atoms with Crippen LogP contribution in [0.25, 0.3) is 0 Å². The molecule has 0 spiro atoms. The van der Waals surface area contributed by atoms with Crippen LogP contribution in [-0.2, 0) is 0 Å². The van der Waals surface area contributed by atoms with E-state index < -0.39 is 0 Å². The highest BCUT2D eigenvalue weighted by Gasteiger charge is 1.48. The lowest BCUT2D eigenvalue weighted by Crippen LogP contribution is -1.75. The van der Waals surface area contributed by atoms with Crippen LogP contribution in [0.15, 0.2) is 24.6 Å². The third-order valence-electron chi connectivity index (χ3n) is 0.333. The lowest BCUT2D eigenvalue weighted by Gasteiger charge is -1.64. The van der Waals surface area contributed by atoms with Crippen LogP contribution in [0.2, 0.25) is 0 Å². The highest BCUT2D eigenvalue weighted by molar-refractivity contribution is 4.97. The van der Waals surface area contributed by atoms with Gasteiger partial charge >= 0.3 is 0 Å². The second kappa shape index (κ2) is 4.08. The van der Waals surface area contributed by atoms with Gasteiger partial charge in [0, 0.05) is 0 Å². The molecule has 0 aliphatic heterocycles. The van der Waals surface area contributed by atoms with Gasteiger partial charge in [-0.25, -0.2) is 0 Å². The van der Waals surface area contributed by atoms with Crippen molar-refractivity contribution in [3.63, 3.8) is 0 Å². The van der Waals surface area contributed by atoms with Gasteiger partial charge in [-0.2, -0.15) is 0 Å². The summed E-state index contributed by atoms with van der Waals surface area (Å²) in [6.45, 7) is 0. The number of nitrogens with two attached hydrogens (primary N) is 2. The molecule has 0 aromatic rings. The summed E-state index contributed by atoms with van der Waals surface area (Å²) < 4.78 is 0.